The summed E-state index contributed by atoms with van der Waals surface area (Å²) in [5, 5.41) is 9.82. The molecule has 1 saturated heterocycles. The maximum Gasteiger partial charge on any atom is 0.323 e. The van der Waals surface area contributed by atoms with E-state index in [0.717, 1.165) is 38.0 Å². The maximum atomic E-state index is 12.4. The van der Waals surface area contributed by atoms with E-state index in [2.05, 4.69) is 34.2 Å². The van der Waals surface area contributed by atoms with Crippen molar-refractivity contribution in [2.24, 2.45) is 0 Å². The number of carbonyl (C=O) groups excluding carboxylic acids is 1. The number of hydrogen-bond acceptors (Lipinski definition) is 5. The summed E-state index contributed by atoms with van der Waals surface area (Å²) in [6.07, 6.45) is 6.13. The standard InChI is InChI=1S/C15H22N6OS/c1-3-11(2)13-8-23-14(18-13)19-15(22)20-6-4-12(5-7-20)21-10-16-9-17-21/h8-12H,3-7H2,1-2H3,(H,18,19,22)/t11-/m1/s1. The van der Waals surface area contributed by atoms with Crippen LogP contribution in [-0.4, -0.2) is 43.8 Å². The van der Waals surface area contributed by atoms with Crippen molar-refractivity contribution in [2.45, 2.75) is 45.1 Å². The fourth-order valence-corrected chi connectivity index (χ4v) is 3.51. The number of carbonyl (C=O) groups is 1. The summed E-state index contributed by atoms with van der Waals surface area (Å²) in [6.45, 7) is 5.73. The third-order valence-electron chi connectivity index (χ3n) is 4.42. The van der Waals surface area contributed by atoms with Gasteiger partial charge >= 0.3 is 6.03 Å². The van der Waals surface area contributed by atoms with Crippen molar-refractivity contribution < 1.29 is 4.79 Å². The molecule has 8 heteroatoms. The quantitative estimate of drug-likeness (QED) is 0.932. The van der Waals surface area contributed by atoms with Crippen molar-refractivity contribution in [3.8, 4) is 0 Å². The van der Waals surface area contributed by atoms with E-state index in [1.54, 1.807) is 12.7 Å². The third kappa shape index (κ3) is 3.69. The number of urea groups is 1. The molecule has 1 aliphatic heterocycles. The minimum absolute atomic E-state index is 0.0629. The fraction of sp³-hybridized carbons (Fsp3) is 0.600. The van der Waals surface area contributed by atoms with E-state index in [4.69, 9.17) is 0 Å². The molecule has 2 aromatic rings. The average Bonchev–Trinajstić information content (AvgIpc) is 3.26. The Bertz CT molecular complexity index is 632. The highest BCUT2D eigenvalue weighted by Crippen LogP contribution is 2.25. The Morgan fingerprint density at radius 1 is 1.48 bits per heavy atom. The van der Waals surface area contributed by atoms with Crippen LogP contribution in [0.15, 0.2) is 18.0 Å². The van der Waals surface area contributed by atoms with E-state index in [9.17, 15) is 4.79 Å². The highest BCUT2D eigenvalue weighted by atomic mass is 32.1. The Hall–Kier alpha value is -1.96. The van der Waals surface area contributed by atoms with Gasteiger partial charge in [-0.15, -0.1) is 11.3 Å². The second kappa shape index (κ2) is 7.08. The molecule has 1 aliphatic rings. The first-order chi connectivity index (χ1) is 11.2. The Balaban J connectivity index is 1.52. The van der Waals surface area contributed by atoms with E-state index in [1.807, 2.05) is 15.0 Å². The molecule has 0 bridgehead atoms. The van der Waals surface area contributed by atoms with Crippen molar-refractivity contribution in [1.82, 2.24) is 24.6 Å². The number of rotatable bonds is 4. The second-order valence-electron chi connectivity index (χ2n) is 5.91. The fourth-order valence-electron chi connectivity index (χ4n) is 2.69. The number of nitrogens with zero attached hydrogens (tertiary/aromatic N) is 5. The lowest BCUT2D eigenvalue weighted by Gasteiger charge is -2.31. The first-order valence-corrected chi connectivity index (χ1v) is 8.90. The number of anilines is 1. The van der Waals surface area contributed by atoms with Gasteiger partial charge in [0, 0.05) is 18.5 Å². The molecule has 7 nitrogen and oxygen atoms in total. The van der Waals surface area contributed by atoms with Gasteiger partial charge in [0.2, 0.25) is 0 Å². The molecule has 0 aliphatic carbocycles. The Labute approximate surface area is 139 Å². The van der Waals surface area contributed by atoms with E-state index >= 15 is 0 Å². The predicted molar refractivity (Wildman–Crippen MR) is 89.7 cm³/mol. The molecule has 23 heavy (non-hydrogen) atoms. The molecule has 3 rings (SSSR count). The first-order valence-electron chi connectivity index (χ1n) is 8.02. The van der Waals surface area contributed by atoms with Crippen LogP contribution in [0.2, 0.25) is 0 Å². The van der Waals surface area contributed by atoms with Gasteiger partial charge < -0.3 is 4.90 Å². The van der Waals surface area contributed by atoms with E-state index < -0.39 is 0 Å². The number of aromatic nitrogens is 4. The van der Waals surface area contributed by atoms with Gasteiger partial charge in [0.25, 0.3) is 0 Å². The van der Waals surface area contributed by atoms with Gasteiger partial charge in [0.1, 0.15) is 12.7 Å². The summed E-state index contributed by atoms with van der Waals surface area (Å²) in [5.74, 6) is 0.426. The van der Waals surface area contributed by atoms with Crippen LogP contribution >= 0.6 is 11.3 Å². The molecule has 1 fully saturated rings. The topological polar surface area (TPSA) is 75.9 Å². The molecule has 0 aromatic carbocycles. The van der Waals surface area contributed by atoms with Crippen molar-refractivity contribution in [2.75, 3.05) is 18.4 Å². The van der Waals surface area contributed by atoms with E-state index in [0.29, 0.717) is 17.1 Å². The summed E-state index contributed by atoms with van der Waals surface area (Å²) < 4.78 is 1.88. The van der Waals surface area contributed by atoms with Gasteiger partial charge in [0.15, 0.2) is 5.13 Å². The van der Waals surface area contributed by atoms with Crippen molar-refractivity contribution in [3.63, 3.8) is 0 Å². The van der Waals surface area contributed by atoms with Crippen molar-refractivity contribution >= 4 is 22.5 Å². The van der Waals surface area contributed by atoms with Crippen LogP contribution < -0.4 is 5.32 Å². The monoisotopic (exact) mass is 334 g/mol. The minimum atomic E-state index is -0.0629. The van der Waals surface area contributed by atoms with Crippen LogP contribution in [0, 0.1) is 0 Å². The predicted octanol–water partition coefficient (Wildman–Crippen LogP) is 3.12. The number of likely N-dealkylation sites (tertiary alicyclic amines) is 1. The normalized spacial score (nSPS) is 17.2. The van der Waals surface area contributed by atoms with Crippen LogP contribution in [0.5, 0.6) is 0 Å². The molecular formula is C15H22N6OS. The molecule has 0 saturated carbocycles. The average molecular weight is 334 g/mol. The largest absolute Gasteiger partial charge is 0.324 e. The minimum Gasteiger partial charge on any atom is -0.324 e. The SMILES string of the molecule is CC[C@@H](C)c1csc(NC(=O)N2CCC(n3cncn3)CC2)n1. The van der Waals surface area contributed by atoms with Crippen LogP contribution in [-0.2, 0) is 0 Å². The van der Waals surface area contributed by atoms with Gasteiger partial charge in [0.05, 0.1) is 11.7 Å². The van der Waals surface area contributed by atoms with Crippen LogP contribution in [0.25, 0.3) is 0 Å². The molecule has 2 amide bonds. The second-order valence-corrected chi connectivity index (χ2v) is 6.77. The number of amides is 2. The smallest absolute Gasteiger partial charge is 0.323 e. The lowest BCUT2D eigenvalue weighted by molar-refractivity contribution is 0.180. The van der Waals surface area contributed by atoms with Crippen LogP contribution in [0.4, 0.5) is 9.93 Å². The summed E-state index contributed by atoms with van der Waals surface area (Å²) in [5.41, 5.74) is 1.05. The lowest BCUT2D eigenvalue weighted by Crippen LogP contribution is -2.41. The van der Waals surface area contributed by atoms with Gasteiger partial charge in [-0.05, 0) is 25.2 Å². The van der Waals surface area contributed by atoms with Gasteiger partial charge in [-0.1, -0.05) is 13.8 Å². The molecule has 124 valence electrons. The zero-order valence-electron chi connectivity index (χ0n) is 13.5. The summed E-state index contributed by atoms with van der Waals surface area (Å²) in [4.78, 5) is 22.7. The molecule has 2 aromatic heterocycles. The third-order valence-corrected chi connectivity index (χ3v) is 5.19. The van der Waals surface area contributed by atoms with Gasteiger partial charge in [-0.2, -0.15) is 5.10 Å². The molecule has 1 atom stereocenters. The highest BCUT2D eigenvalue weighted by Gasteiger charge is 2.24. The Morgan fingerprint density at radius 3 is 2.91 bits per heavy atom. The van der Waals surface area contributed by atoms with Gasteiger partial charge in [-0.3, -0.25) is 5.32 Å². The molecule has 0 spiro atoms. The zero-order valence-corrected chi connectivity index (χ0v) is 14.3. The van der Waals surface area contributed by atoms with Crippen LogP contribution in [0.1, 0.15) is 50.8 Å². The molecular weight excluding hydrogens is 312 g/mol. The maximum absolute atomic E-state index is 12.4. The number of hydrogen-bond donors (Lipinski definition) is 1. The molecule has 1 N–H and O–H groups in total. The number of thiazole rings is 1. The number of piperidine rings is 1. The Morgan fingerprint density at radius 2 is 2.26 bits per heavy atom. The summed E-state index contributed by atoms with van der Waals surface area (Å²) >= 11 is 1.49. The van der Waals surface area contributed by atoms with Gasteiger partial charge in [-0.25, -0.2) is 19.4 Å². The first kappa shape index (κ1) is 15.9. The van der Waals surface area contributed by atoms with E-state index in [1.165, 1.54) is 11.3 Å². The van der Waals surface area contributed by atoms with E-state index in [-0.39, 0.29) is 6.03 Å². The molecule has 3 heterocycles. The summed E-state index contributed by atoms with van der Waals surface area (Å²) in [7, 11) is 0. The number of nitrogens with one attached hydrogen (secondary N) is 1. The highest BCUT2D eigenvalue weighted by molar-refractivity contribution is 7.13. The lowest BCUT2D eigenvalue weighted by atomic mass is 10.1. The Kier molecular flexibility index (Phi) is 4.90. The molecule has 0 radical (unpaired) electrons. The van der Waals surface area contributed by atoms with Crippen LogP contribution in [0.3, 0.4) is 0 Å². The zero-order chi connectivity index (χ0) is 16.2. The molecule has 0 unspecified atom stereocenters. The summed E-state index contributed by atoms with van der Waals surface area (Å²) in [6, 6.07) is 0.269. The van der Waals surface area contributed by atoms with Crippen molar-refractivity contribution in [1.29, 1.82) is 0 Å². The van der Waals surface area contributed by atoms with Crippen molar-refractivity contribution in [3.05, 3.63) is 23.7 Å².